The van der Waals surface area contributed by atoms with Gasteiger partial charge in [0.25, 0.3) is 0 Å². The van der Waals surface area contributed by atoms with E-state index >= 15 is 0 Å². The molecule has 5 nitrogen and oxygen atoms in total. The highest BCUT2D eigenvalue weighted by Crippen LogP contribution is 2.18. The number of hydrogen-bond acceptors (Lipinski definition) is 3. The molecule has 2 N–H and O–H groups in total. The molecular weight excluding hydrogens is 244 g/mol. The molecule has 1 atom stereocenters. The molecule has 1 aromatic carbocycles. The SMILES string of the molecule is O=C1CC(O)NC(=O)N1Cc1ccccc1Cl. The highest BCUT2D eigenvalue weighted by Gasteiger charge is 2.30. The zero-order valence-electron chi connectivity index (χ0n) is 8.89. The van der Waals surface area contributed by atoms with Crippen molar-refractivity contribution in [1.29, 1.82) is 0 Å². The first-order valence-electron chi connectivity index (χ1n) is 5.10. The summed E-state index contributed by atoms with van der Waals surface area (Å²) in [6.45, 7) is 0.108. The molecule has 1 aliphatic heterocycles. The first kappa shape index (κ1) is 11.9. The predicted octanol–water partition coefficient (Wildman–Crippen LogP) is 1.10. The van der Waals surface area contributed by atoms with Gasteiger partial charge in [0.05, 0.1) is 13.0 Å². The zero-order chi connectivity index (χ0) is 12.4. The van der Waals surface area contributed by atoms with Gasteiger partial charge in [-0.15, -0.1) is 0 Å². The summed E-state index contributed by atoms with van der Waals surface area (Å²) in [5, 5.41) is 12.0. The van der Waals surface area contributed by atoms with Crippen molar-refractivity contribution in [3.63, 3.8) is 0 Å². The Labute approximate surface area is 103 Å². The number of carbonyl (C=O) groups is 2. The number of halogens is 1. The van der Waals surface area contributed by atoms with Gasteiger partial charge in [0.2, 0.25) is 5.91 Å². The molecule has 0 spiro atoms. The molecule has 90 valence electrons. The Hall–Kier alpha value is -1.59. The number of aliphatic hydroxyl groups is 1. The average Bonchev–Trinajstić information content (AvgIpc) is 2.25. The van der Waals surface area contributed by atoms with E-state index in [0.717, 1.165) is 4.90 Å². The number of rotatable bonds is 2. The van der Waals surface area contributed by atoms with Crippen LogP contribution in [0.3, 0.4) is 0 Å². The van der Waals surface area contributed by atoms with Gasteiger partial charge in [-0.25, -0.2) is 4.79 Å². The molecule has 17 heavy (non-hydrogen) atoms. The summed E-state index contributed by atoms with van der Waals surface area (Å²) in [7, 11) is 0. The van der Waals surface area contributed by atoms with Gasteiger partial charge in [0, 0.05) is 5.02 Å². The van der Waals surface area contributed by atoms with Crippen molar-refractivity contribution in [2.45, 2.75) is 19.2 Å². The standard InChI is InChI=1S/C11H11ClN2O3/c12-8-4-2-1-3-7(8)6-14-10(16)5-9(15)13-11(14)17/h1-4,9,15H,5-6H2,(H,13,17). The number of carbonyl (C=O) groups excluding carboxylic acids is 2. The van der Waals surface area contributed by atoms with Crippen molar-refractivity contribution >= 4 is 23.5 Å². The van der Waals surface area contributed by atoms with E-state index in [0.29, 0.717) is 10.6 Å². The molecule has 1 aromatic rings. The second-order valence-electron chi connectivity index (χ2n) is 3.74. The van der Waals surface area contributed by atoms with Crippen LogP contribution in [-0.2, 0) is 11.3 Å². The third-order valence-corrected chi connectivity index (χ3v) is 2.86. The van der Waals surface area contributed by atoms with Crippen LogP contribution in [0, 0.1) is 0 Å². The monoisotopic (exact) mass is 254 g/mol. The maximum absolute atomic E-state index is 11.6. The van der Waals surface area contributed by atoms with E-state index in [9.17, 15) is 14.7 Å². The Bertz CT molecular complexity index is 446. The third-order valence-electron chi connectivity index (χ3n) is 2.49. The van der Waals surface area contributed by atoms with Gasteiger partial charge >= 0.3 is 6.03 Å². The molecule has 1 heterocycles. The van der Waals surface area contributed by atoms with Crippen molar-refractivity contribution in [2.75, 3.05) is 0 Å². The van der Waals surface area contributed by atoms with Crippen LogP contribution in [0.2, 0.25) is 5.02 Å². The predicted molar refractivity (Wildman–Crippen MR) is 61.2 cm³/mol. The quantitative estimate of drug-likeness (QED) is 0.830. The lowest BCUT2D eigenvalue weighted by Crippen LogP contribution is -2.54. The summed E-state index contributed by atoms with van der Waals surface area (Å²) in [6.07, 6.45) is -1.21. The molecular formula is C11H11ClN2O3. The smallest absolute Gasteiger partial charge is 0.326 e. The van der Waals surface area contributed by atoms with Gasteiger partial charge in [-0.2, -0.15) is 0 Å². The van der Waals surface area contributed by atoms with Crippen LogP contribution in [0.15, 0.2) is 24.3 Å². The molecule has 0 aliphatic carbocycles. The Kier molecular flexibility index (Phi) is 3.31. The first-order chi connectivity index (χ1) is 8.08. The second-order valence-corrected chi connectivity index (χ2v) is 4.15. The fourth-order valence-electron chi connectivity index (χ4n) is 1.62. The van der Waals surface area contributed by atoms with Crippen molar-refractivity contribution in [3.8, 4) is 0 Å². The lowest BCUT2D eigenvalue weighted by molar-refractivity contribution is -0.133. The minimum Gasteiger partial charge on any atom is -0.373 e. The maximum Gasteiger partial charge on any atom is 0.326 e. The minimum atomic E-state index is -1.10. The highest BCUT2D eigenvalue weighted by atomic mass is 35.5. The summed E-state index contributed by atoms with van der Waals surface area (Å²) in [5.41, 5.74) is 0.689. The normalized spacial score (nSPS) is 20.4. The van der Waals surface area contributed by atoms with E-state index in [1.54, 1.807) is 24.3 Å². The van der Waals surface area contributed by atoms with Gasteiger partial charge in [0.15, 0.2) is 0 Å². The van der Waals surface area contributed by atoms with Crippen LogP contribution in [0.25, 0.3) is 0 Å². The van der Waals surface area contributed by atoms with Crippen LogP contribution in [-0.4, -0.2) is 28.2 Å². The van der Waals surface area contributed by atoms with Gasteiger partial charge < -0.3 is 10.4 Å². The fourth-order valence-corrected chi connectivity index (χ4v) is 1.81. The molecule has 1 saturated heterocycles. The van der Waals surface area contributed by atoms with Crippen LogP contribution in [0.5, 0.6) is 0 Å². The summed E-state index contributed by atoms with van der Waals surface area (Å²) in [4.78, 5) is 24.2. The second kappa shape index (κ2) is 4.73. The van der Waals surface area contributed by atoms with E-state index in [4.69, 9.17) is 11.6 Å². The van der Waals surface area contributed by atoms with Crippen LogP contribution in [0.4, 0.5) is 4.79 Å². The minimum absolute atomic E-state index is 0.108. The third kappa shape index (κ3) is 2.57. The maximum atomic E-state index is 11.6. The lowest BCUT2D eigenvalue weighted by Gasteiger charge is -2.28. The summed E-state index contributed by atoms with van der Waals surface area (Å²) >= 11 is 5.95. The molecule has 0 aromatic heterocycles. The van der Waals surface area contributed by atoms with Crippen molar-refractivity contribution in [2.24, 2.45) is 0 Å². The number of nitrogens with zero attached hydrogens (tertiary/aromatic N) is 1. The van der Waals surface area contributed by atoms with E-state index in [2.05, 4.69) is 5.32 Å². The van der Waals surface area contributed by atoms with E-state index in [1.165, 1.54) is 0 Å². The van der Waals surface area contributed by atoms with Crippen molar-refractivity contribution in [1.82, 2.24) is 10.2 Å². The first-order valence-corrected chi connectivity index (χ1v) is 5.48. The number of hydrogen-bond donors (Lipinski definition) is 2. The van der Waals surface area contributed by atoms with Crippen LogP contribution in [0.1, 0.15) is 12.0 Å². The lowest BCUT2D eigenvalue weighted by atomic mass is 10.2. The Morgan fingerprint density at radius 2 is 2.12 bits per heavy atom. The topological polar surface area (TPSA) is 69.6 Å². The summed E-state index contributed by atoms with van der Waals surface area (Å²) in [5.74, 6) is -0.416. The number of aliphatic hydroxyl groups excluding tert-OH is 1. The molecule has 0 bridgehead atoms. The number of nitrogens with one attached hydrogen (secondary N) is 1. The molecule has 2 rings (SSSR count). The Morgan fingerprint density at radius 1 is 1.41 bits per heavy atom. The van der Waals surface area contributed by atoms with Crippen molar-refractivity contribution < 1.29 is 14.7 Å². The Balaban J connectivity index is 2.16. The van der Waals surface area contributed by atoms with Gasteiger partial charge in [-0.3, -0.25) is 9.69 Å². The highest BCUT2D eigenvalue weighted by molar-refractivity contribution is 6.31. The van der Waals surface area contributed by atoms with E-state index in [1.807, 2.05) is 0 Å². The summed E-state index contributed by atoms with van der Waals surface area (Å²) < 4.78 is 0. The molecule has 6 heteroatoms. The average molecular weight is 255 g/mol. The molecule has 1 fully saturated rings. The molecule has 0 saturated carbocycles. The Morgan fingerprint density at radius 3 is 2.76 bits per heavy atom. The fraction of sp³-hybridized carbons (Fsp3) is 0.273. The number of amides is 3. The van der Waals surface area contributed by atoms with Gasteiger partial charge in [0.1, 0.15) is 6.23 Å². The number of benzene rings is 1. The van der Waals surface area contributed by atoms with Gasteiger partial charge in [-0.1, -0.05) is 29.8 Å². The van der Waals surface area contributed by atoms with Crippen LogP contribution >= 0.6 is 11.6 Å². The van der Waals surface area contributed by atoms with Crippen LogP contribution < -0.4 is 5.32 Å². The number of urea groups is 1. The van der Waals surface area contributed by atoms with Gasteiger partial charge in [-0.05, 0) is 11.6 Å². The molecule has 0 radical (unpaired) electrons. The van der Waals surface area contributed by atoms with E-state index < -0.39 is 18.2 Å². The van der Waals surface area contributed by atoms with Crippen molar-refractivity contribution in [3.05, 3.63) is 34.9 Å². The molecule has 1 unspecified atom stereocenters. The number of imide groups is 1. The summed E-state index contributed by atoms with van der Waals surface area (Å²) in [6, 6.07) is 6.39. The zero-order valence-corrected chi connectivity index (χ0v) is 9.65. The molecule has 3 amide bonds. The largest absolute Gasteiger partial charge is 0.373 e. The molecule has 1 aliphatic rings. The van der Waals surface area contributed by atoms with E-state index in [-0.39, 0.29) is 13.0 Å².